The van der Waals surface area contributed by atoms with E-state index in [-0.39, 0.29) is 0 Å². The molecular weight excluding hydrogens is 358 g/mol. The van der Waals surface area contributed by atoms with Gasteiger partial charge in [-0.2, -0.15) is 0 Å². The number of likely N-dealkylation sites (tertiary alicyclic amines) is 2. The highest BCUT2D eigenvalue weighted by molar-refractivity contribution is 9.10. The first kappa shape index (κ1) is 15.3. The molecule has 112 valence electrons. The molecule has 2 fully saturated rings. The lowest BCUT2D eigenvalue weighted by Gasteiger charge is -2.28. The van der Waals surface area contributed by atoms with Crippen molar-refractivity contribution in [3.05, 3.63) is 19.8 Å². The molecule has 0 saturated carbocycles. The molecule has 1 aromatic rings. The maximum Gasteiger partial charge on any atom is 0.107 e. The van der Waals surface area contributed by atoms with Crippen LogP contribution in [0.25, 0.3) is 0 Å². The zero-order valence-corrected chi connectivity index (χ0v) is 14.7. The fourth-order valence-corrected chi connectivity index (χ4v) is 5.31. The second-order valence-corrected chi connectivity index (χ2v) is 8.24. The van der Waals surface area contributed by atoms with Crippen molar-refractivity contribution in [3.63, 3.8) is 0 Å². The lowest BCUT2D eigenvalue weighted by Crippen LogP contribution is -2.37. The van der Waals surface area contributed by atoms with Gasteiger partial charge in [-0.05, 0) is 54.3 Å². The average molecular weight is 379 g/mol. The molecule has 0 bridgehead atoms. The summed E-state index contributed by atoms with van der Waals surface area (Å²) in [7, 11) is 0. The molecule has 2 atom stereocenters. The highest BCUT2D eigenvalue weighted by Crippen LogP contribution is 2.38. The minimum Gasteiger partial charge on any atom is -0.329 e. The van der Waals surface area contributed by atoms with E-state index in [4.69, 9.17) is 17.3 Å². The number of hydrogen-bond acceptors (Lipinski definition) is 4. The van der Waals surface area contributed by atoms with Gasteiger partial charge in [-0.25, -0.2) is 0 Å². The minimum atomic E-state index is 0.316. The molecule has 2 aliphatic heterocycles. The van der Waals surface area contributed by atoms with E-state index >= 15 is 0 Å². The van der Waals surface area contributed by atoms with Crippen molar-refractivity contribution in [3.8, 4) is 0 Å². The molecule has 0 radical (unpaired) electrons. The lowest BCUT2D eigenvalue weighted by atomic mass is 10.2. The molecular formula is C14H21BrClN3S. The minimum absolute atomic E-state index is 0.316. The molecule has 2 N–H and O–H groups in total. The van der Waals surface area contributed by atoms with E-state index in [0.29, 0.717) is 12.6 Å². The van der Waals surface area contributed by atoms with E-state index in [0.717, 1.165) is 27.9 Å². The van der Waals surface area contributed by atoms with Gasteiger partial charge < -0.3 is 5.73 Å². The predicted molar refractivity (Wildman–Crippen MR) is 89.6 cm³/mol. The third-order valence-corrected chi connectivity index (χ3v) is 7.08. The average Bonchev–Trinajstić information content (AvgIpc) is 3.13. The number of nitrogens with two attached hydrogens (primary N) is 1. The topological polar surface area (TPSA) is 32.5 Å². The van der Waals surface area contributed by atoms with Crippen LogP contribution in [0.1, 0.15) is 30.2 Å². The van der Waals surface area contributed by atoms with Crippen LogP contribution in [-0.4, -0.2) is 48.6 Å². The molecule has 2 unspecified atom stereocenters. The molecule has 2 saturated heterocycles. The summed E-state index contributed by atoms with van der Waals surface area (Å²) in [6.45, 7) is 5.52. The first-order valence-corrected chi connectivity index (χ1v) is 9.30. The van der Waals surface area contributed by atoms with Crippen LogP contribution >= 0.6 is 38.9 Å². The molecule has 6 heteroatoms. The van der Waals surface area contributed by atoms with Crippen LogP contribution in [0, 0.1) is 0 Å². The van der Waals surface area contributed by atoms with Crippen LogP contribution in [0.5, 0.6) is 0 Å². The van der Waals surface area contributed by atoms with E-state index in [1.165, 1.54) is 37.2 Å². The van der Waals surface area contributed by atoms with Gasteiger partial charge in [0.2, 0.25) is 0 Å². The van der Waals surface area contributed by atoms with E-state index in [1.807, 2.05) is 0 Å². The Balaban J connectivity index is 1.68. The van der Waals surface area contributed by atoms with Crippen LogP contribution in [0.15, 0.2) is 10.5 Å². The normalized spacial score (nSPS) is 26.4. The summed E-state index contributed by atoms with van der Waals surface area (Å²) in [5, 5.41) is 0. The Labute approximate surface area is 138 Å². The first-order valence-electron chi connectivity index (χ1n) is 7.32. The summed E-state index contributed by atoms with van der Waals surface area (Å²) in [5.41, 5.74) is 6.04. The Morgan fingerprint density at radius 2 is 2.15 bits per heavy atom. The Bertz CT molecular complexity index is 442. The van der Waals surface area contributed by atoms with Crippen LogP contribution in [0.2, 0.25) is 4.34 Å². The third kappa shape index (κ3) is 3.08. The zero-order chi connectivity index (χ0) is 14.1. The van der Waals surface area contributed by atoms with Gasteiger partial charge in [-0.3, -0.25) is 9.80 Å². The lowest BCUT2D eigenvalue weighted by molar-refractivity contribution is 0.204. The van der Waals surface area contributed by atoms with Gasteiger partial charge in [0.25, 0.3) is 0 Å². The van der Waals surface area contributed by atoms with Crippen molar-refractivity contribution >= 4 is 38.9 Å². The van der Waals surface area contributed by atoms with Crippen molar-refractivity contribution < 1.29 is 0 Å². The van der Waals surface area contributed by atoms with E-state index in [1.54, 1.807) is 11.3 Å². The summed E-state index contributed by atoms with van der Waals surface area (Å²) < 4.78 is 1.82. The highest BCUT2D eigenvalue weighted by atomic mass is 79.9. The van der Waals surface area contributed by atoms with Crippen LogP contribution in [0.4, 0.5) is 0 Å². The van der Waals surface area contributed by atoms with Gasteiger partial charge >= 0.3 is 0 Å². The standard InChI is InChI=1S/C14H21BrClN3S/c15-11-7-13(20-14(11)16)12(8-17)19-6-3-10(9-19)18-4-1-2-5-18/h7,10,12H,1-6,8-9,17H2. The van der Waals surface area contributed by atoms with Gasteiger partial charge in [-0.1, -0.05) is 11.6 Å². The molecule has 0 aromatic carbocycles. The molecule has 0 spiro atoms. The summed E-state index contributed by atoms with van der Waals surface area (Å²) in [6, 6.07) is 3.18. The number of nitrogens with zero attached hydrogens (tertiary/aromatic N) is 2. The second-order valence-electron chi connectivity index (χ2n) is 5.70. The van der Waals surface area contributed by atoms with E-state index in [9.17, 15) is 0 Å². The number of halogens is 2. The molecule has 1 aromatic heterocycles. The fourth-order valence-electron chi connectivity index (χ4n) is 3.43. The first-order chi connectivity index (χ1) is 9.69. The maximum atomic E-state index is 6.17. The molecule has 0 amide bonds. The second kappa shape index (κ2) is 6.63. The monoisotopic (exact) mass is 377 g/mol. The Morgan fingerprint density at radius 3 is 2.75 bits per heavy atom. The van der Waals surface area contributed by atoms with Crippen molar-refractivity contribution in [2.24, 2.45) is 5.73 Å². The SMILES string of the molecule is NCC(c1cc(Br)c(Cl)s1)N1CCC(N2CCCC2)C1. The van der Waals surface area contributed by atoms with Gasteiger partial charge in [0.1, 0.15) is 4.34 Å². The fraction of sp³-hybridized carbons (Fsp3) is 0.714. The molecule has 3 rings (SSSR count). The summed E-state index contributed by atoms with van der Waals surface area (Å²) in [6.07, 6.45) is 4.01. The molecule has 2 aliphatic rings. The van der Waals surface area contributed by atoms with Gasteiger partial charge in [0.05, 0.1) is 6.04 Å². The van der Waals surface area contributed by atoms with Crippen molar-refractivity contribution in [1.82, 2.24) is 9.80 Å². The Kier molecular flexibility index (Phi) is 5.06. The van der Waals surface area contributed by atoms with Gasteiger partial charge in [0.15, 0.2) is 0 Å². The Morgan fingerprint density at radius 1 is 1.40 bits per heavy atom. The van der Waals surface area contributed by atoms with Crippen LogP contribution in [-0.2, 0) is 0 Å². The zero-order valence-electron chi connectivity index (χ0n) is 11.5. The molecule has 20 heavy (non-hydrogen) atoms. The quantitative estimate of drug-likeness (QED) is 0.872. The van der Waals surface area contributed by atoms with E-state index in [2.05, 4.69) is 31.8 Å². The van der Waals surface area contributed by atoms with Crippen molar-refractivity contribution in [2.45, 2.75) is 31.3 Å². The summed E-state index contributed by atoms with van der Waals surface area (Å²) >= 11 is 11.3. The molecule has 3 nitrogen and oxygen atoms in total. The van der Waals surface area contributed by atoms with Crippen molar-refractivity contribution in [2.75, 3.05) is 32.7 Å². The summed E-state index contributed by atoms with van der Waals surface area (Å²) in [4.78, 5) is 6.48. The van der Waals surface area contributed by atoms with Crippen LogP contribution in [0.3, 0.4) is 0 Å². The Hall–Kier alpha value is 0.350. The predicted octanol–water partition coefficient (Wildman–Crippen LogP) is 3.33. The van der Waals surface area contributed by atoms with Gasteiger partial charge in [-0.15, -0.1) is 11.3 Å². The molecule has 3 heterocycles. The van der Waals surface area contributed by atoms with Crippen molar-refractivity contribution in [1.29, 1.82) is 0 Å². The number of rotatable bonds is 4. The smallest absolute Gasteiger partial charge is 0.107 e. The van der Waals surface area contributed by atoms with E-state index < -0.39 is 0 Å². The van der Waals surface area contributed by atoms with Gasteiger partial charge in [0, 0.05) is 35.0 Å². The maximum absolute atomic E-state index is 6.17. The van der Waals surface area contributed by atoms with Crippen LogP contribution < -0.4 is 5.73 Å². The number of hydrogen-bond donors (Lipinski definition) is 1. The third-order valence-electron chi connectivity index (χ3n) is 4.51. The summed E-state index contributed by atoms with van der Waals surface area (Å²) in [5.74, 6) is 0. The molecule has 0 aliphatic carbocycles. The largest absolute Gasteiger partial charge is 0.329 e. The highest BCUT2D eigenvalue weighted by Gasteiger charge is 2.33. The number of thiophene rings is 1.